The number of carbonyl (C=O) groups excluding carboxylic acids is 2. The minimum atomic E-state index is -0.318. The fourth-order valence-electron chi connectivity index (χ4n) is 2.98. The summed E-state index contributed by atoms with van der Waals surface area (Å²) in [5.41, 5.74) is 3.76. The molecule has 3 rings (SSSR count). The summed E-state index contributed by atoms with van der Waals surface area (Å²) in [5, 5.41) is 3.00. The lowest BCUT2D eigenvalue weighted by atomic mass is 10.1. The van der Waals surface area contributed by atoms with Crippen molar-refractivity contribution in [1.29, 1.82) is 0 Å². The summed E-state index contributed by atoms with van der Waals surface area (Å²) >= 11 is 0. The van der Waals surface area contributed by atoms with Gasteiger partial charge in [-0.05, 0) is 37.1 Å². The van der Waals surface area contributed by atoms with Crippen molar-refractivity contribution in [3.05, 3.63) is 59.7 Å². The highest BCUT2D eigenvalue weighted by Crippen LogP contribution is 2.27. The van der Waals surface area contributed by atoms with Crippen molar-refractivity contribution in [3.63, 3.8) is 0 Å². The normalized spacial score (nSPS) is 17.4. The molecule has 0 saturated carbocycles. The molecule has 4 heteroatoms. The van der Waals surface area contributed by atoms with Crippen LogP contribution in [0.3, 0.4) is 0 Å². The summed E-state index contributed by atoms with van der Waals surface area (Å²) in [5.74, 6) is -0.409. The molecule has 1 aliphatic rings. The molecule has 1 fully saturated rings. The van der Waals surface area contributed by atoms with Gasteiger partial charge in [-0.2, -0.15) is 0 Å². The van der Waals surface area contributed by atoms with Crippen LogP contribution in [0.25, 0.3) is 0 Å². The van der Waals surface area contributed by atoms with Gasteiger partial charge in [-0.15, -0.1) is 0 Å². The molecule has 1 aliphatic heterocycles. The standard InChI is InChI=1S/C19H20N2O2/c1-13-7-6-8-14(2)18(13)20-19(23)15-11-17(22)21(12-15)16-9-4-3-5-10-16/h3-10,15H,11-12H2,1-2H3,(H,20,23). The third kappa shape index (κ3) is 3.11. The first kappa shape index (κ1) is 15.3. The van der Waals surface area contributed by atoms with Crippen molar-refractivity contribution in [2.24, 2.45) is 5.92 Å². The van der Waals surface area contributed by atoms with Crippen LogP contribution in [-0.4, -0.2) is 18.4 Å². The van der Waals surface area contributed by atoms with Gasteiger partial charge in [0.2, 0.25) is 11.8 Å². The first-order valence-corrected chi connectivity index (χ1v) is 7.79. The molecule has 0 bridgehead atoms. The Labute approximate surface area is 136 Å². The molecule has 0 radical (unpaired) electrons. The van der Waals surface area contributed by atoms with Crippen LogP contribution in [0.15, 0.2) is 48.5 Å². The second-order valence-corrected chi connectivity index (χ2v) is 6.00. The Hall–Kier alpha value is -2.62. The molecule has 1 heterocycles. The van der Waals surface area contributed by atoms with E-state index in [9.17, 15) is 9.59 Å². The van der Waals surface area contributed by atoms with Crippen LogP contribution in [-0.2, 0) is 9.59 Å². The predicted octanol–water partition coefficient (Wildman–Crippen LogP) is 3.30. The monoisotopic (exact) mass is 308 g/mol. The van der Waals surface area contributed by atoms with Gasteiger partial charge < -0.3 is 10.2 Å². The maximum Gasteiger partial charge on any atom is 0.229 e. The first-order chi connectivity index (χ1) is 11.1. The lowest BCUT2D eigenvalue weighted by Crippen LogP contribution is -2.28. The van der Waals surface area contributed by atoms with Gasteiger partial charge in [0.25, 0.3) is 0 Å². The summed E-state index contributed by atoms with van der Waals surface area (Å²) in [4.78, 5) is 26.5. The molecule has 4 nitrogen and oxygen atoms in total. The Morgan fingerprint density at radius 1 is 1.04 bits per heavy atom. The van der Waals surface area contributed by atoms with Crippen molar-refractivity contribution >= 4 is 23.2 Å². The minimum absolute atomic E-state index is 0.00199. The average Bonchev–Trinajstić information content (AvgIpc) is 2.94. The van der Waals surface area contributed by atoms with Gasteiger partial charge in [-0.3, -0.25) is 9.59 Å². The Bertz CT molecular complexity index is 720. The molecule has 23 heavy (non-hydrogen) atoms. The Morgan fingerprint density at radius 2 is 1.70 bits per heavy atom. The van der Waals surface area contributed by atoms with Crippen molar-refractivity contribution < 1.29 is 9.59 Å². The number of amides is 2. The van der Waals surface area contributed by atoms with E-state index in [1.54, 1.807) is 4.90 Å². The van der Waals surface area contributed by atoms with Crippen LogP contribution in [0.1, 0.15) is 17.5 Å². The number of hydrogen-bond donors (Lipinski definition) is 1. The van der Waals surface area contributed by atoms with Crippen LogP contribution in [0.5, 0.6) is 0 Å². The number of anilines is 2. The number of benzene rings is 2. The molecule has 0 aromatic heterocycles. The van der Waals surface area contributed by atoms with Gasteiger partial charge in [-0.1, -0.05) is 36.4 Å². The van der Waals surface area contributed by atoms with Crippen LogP contribution >= 0.6 is 0 Å². The number of carbonyl (C=O) groups is 2. The maximum atomic E-state index is 12.6. The van der Waals surface area contributed by atoms with Gasteiger partial charge in [0.15, 0.2) is 0 Å². The van der Waals surface area contributed by atoms with Crippen LogP contribution in [0, 0.1) is 19.8 Å². The van der Waals surface area contributed by atoms with E-state index >= 15 is 0 Å². The first-order valence-electron chi connectivity index (χ1n) is 7.79. The molecule has 1 N–H and O–H groups in total. The van der Waals surface area contributed by atoms with E-state index in [-0.39, 0.29) is 24.2 Å². The zero-order valence-electron chi connectivity index (χ0n) is 13.4. The molecule has 2 aromatic carbocycles. The van der Waals surface area contributed by atoms with Gasteiger partial charge in [0.05, 0.1) is 5.92 Å². The van der Waals surface area contributed by atoms with E-state index < -0.39 is 0 Å². The van der Waals surface area contributed by atoms with Crippen LogP contribution in [0.2, 0.25) is 0 Å². The van der Waals surface area contributed by atoms with Crippen LogP contribution in [0.4, 0.5) is 11.4 Å². The third-order valence-corrected chi connectivity index (χ3v) is 4.29. The second kappa shape index (κ2) is 6.24. The van der Waals surface area contributed by atoms with E-state index in [2.05, 4.69) is 5.32 Å². The van der Waals surface area contributed by atoms with E-state index in [0.29, 0.717) is 6.54 Å². The van der Waals surface area contributed by atoms with E-state index in [1.165, 1.54) is 0 Å². The topological polar surface area (TPSA) is 49.4 Å². The van der Waals surface area contributed by atoms with Gasteiger partial charge in [0.1, 0.15) is 0 Å². The summed E-state index contributed by atoms with van der Waals surface area (Å²) in [6.45, 7) is 4.37. The molecule has 1 unspecified atom stereocenters. The van der Waals surface area contributed by atoms with Crippen molar-refractivity contribution in [2.75, 3.05) is 16.8 Å². The van der Waals surface area contributed by atoms with Gasteiger partial charge in [0, 0.05) is 24.3 Å². The lowest BCUT2D eigenvalue weighted by molar-refractivity contribution is -0.122. The molecule has 1 saturated heterocycles. The quantitative estimate of drug-likeness (QED) is 0.946. The van der Waals surface area contributed by atoms with Crippen molar-refractivity contribution in [2.45, 2.75) is 20.3 Å². The highest BCUT2D eigenvalue weighted by Gasteiger charge is 2.35. The highest BCUT2D eigenvalue weighted by molar-refractivity contribution is 6.03. The van der Waals surface area contributed by atoms with E-state index in [0.717, 1.165) is 22.5 Å². The zero-order valence-corrected chi connectivity index (χ0v) is 13.4. The Kier molecular flexibility index (Phi) is 4.15. The molecule has 118 valence electrons. The summed E-state index contributed by atoms with van der Waals surface area (Å²) < 4.78 is 0. The highest BCUT2D eigenvalue weighted by atomic mass is 16.2. The largest absolute Gasteiger partial charge is 0.325 e. The average molecular weight is 308 g/mol. The Morgan fingerprint density at radius 3 is 2.35 bits per heavy atom. The maximum absolute atomic E-state index is 12.6. The zero-order chi connectivity index (χ0) is 16.4. The number of hydrogen-bond acceptors (Lipinski definition) is 2. The number of para-hydroxylation sites is 2. The molecule has 0 spiro atoms. The number of nitrogens with zero attached hydrogens (tertiary/aromatic N) is 1. The van der Waals surface area contributed by atoms with Gasteiger partial charge in [-0.25, -0.2) is 0 Å². The number of nitrogens with one attached hydrogen (secondary N) is 1. The summed E-state index contributed by atoms with van der Waals surface area (Å²) in [7, 11) is 0. The number of aryl methyl sites for hydroxylation is 2. The smallest absolute Gasteiger partial charge is 0.229 e. The van der Waals surface area contributed by atoms with Crippen molar-refractivity contribution in [3.8, 4) is 0 Å². The van der Waals surface area contributed by atoms with Gasteiger partial charge >= 0.3 is 0 Å². The molecular formula is C19H20N2O2. The SMILES string of the molecule is Cc1cccc(C)c1NC(=O)C1CC(=O)N(c2ccccc2)C1. The minimum Gasteiger partial charge on any atom is -0.325 e. The summed E-state index contributed by atoms with van der Waals surface area (Å²) in [6.07, 6.45) is 0.256. The van der Waals surface area contributed by atoms with E-state index in [4.69, 9.17) is 0 Å². The predicted molar refractivity (Wildman–Crippen MR) is 91.4 cm³/mol. The molecule has 1 atom stereocenters. The summed E-state index contributed by atoms with van der Waals surface area (Å²) in [6, 6.07) is 15.4. The molecule has 2 amide bonds. The second-order valence-electron chi connectivity index (χ2n) is 6.00. The lowest BCUT2D eigenvalue weighted by Gasteiger charge is -2.17. The van der Waals surface area contributed by atoms with Crippen molar-refractivity contribution in [1.82, 2.24) is 0 Å². The molecule has 2 aromatic rings. The third-order valence-electron chi connectivity index (χ3n) is 4.29. The Balaban J connectivity index is 1.73. The fourth-order valence-corrected chi connectivity index (χ4v) is 2.98. The van der Waals surface area contributed by atoms with Crippen LogP contribution < -0.4 is 10.2 Å². The van der Waals surface area contributed by atoms with E-state index in [1.807, 2.05) is 62.4 Å². The molecular weight excluding hydrogens is 288 g/mol. The fraction of sp³-hybridized carbons (Fsp3) is 0.263. The molecule has 0 aliphatic carbocycles. The number of rotatable bonds is 3.